The number of nitrogens with zero attached hydrogens (tertiary/aromatic N) is 1. The maximum Gasteiger partial charge on any atom is 0.0162 e. The average Bonchev–Trinajstić information content (AvgIpc) is 2.01. The second-order valence-electron chi connectivity index (χ2n) is 5.41. The fraction of sp³-hybridized carbons (Fsp3) is 1.00. The fourth-order valence-corrected chi connectivity index (χ4v) is 2.52. The van der Waals surface area contributed by atoms with E-state index in [0.717, 1.165) is 12.1 Å². The molecule has 1 heterocycles. The monoisotopic (exact) mass is 183 g/mol. The molecule has 0 amide bonds. The predicted octanol–water partition coefficient (Wildman–Crippen LogP) is 3.30. The number of hydrogen-bond acceptors (Lipinski definition) is 1. The molecular formula is C12H25N. The van der Waals surface area contributed by atoms with Gasteiger partial charge in [0.05, 0.1) is 0 Å². The van der Waals surface area contributed by atoms with Gasteiger partial charge in [0, 0.05) is 18.6 Å². The Kier molecular flexibility index (Phi) is 3.39. The van der Waals surface area contributed by atoms with Crippen LogP contribution in [0.25, 0.3) is 0 Å². The zero-order chi connectivity index (χ0) is 10.1. The third-order valence-corrected chi connectivity index (χ3v) is 3.39. The summed E-state index contributed by atoms with van der Waals surface area (Å²) in [5.41, 5.74) is 0.569. The van der Waals surface area contributed by atoms with Crippen molar-refractivity contribution in [3.8, 4) is 0 Å². The van der Waals surface area contributed by atoms with Crippen LogP contribution in [0.5, 0.6) is 0 Å². The van der Waals surface area contributed by atoms with Crippen LogP contribution in [0.2, 0.25) is 0 Å². The lowest BCUT2D eigenvalue weighted by atomic mass is 9.72. The summed E-state index contributed by atoms with van der Waals surface area (Å²) in [6.45, 7) is 13.0. The first-order valence-electron chi connectivity index (χ1n) is 5.74. The van der Waals surface area contributed by atoms with Gasteiger partial charge in [0.25, 0.3) is 0 Å². The summed E-state index contributed by atoms with van der Waals surface area (Å²) in [7, 11) is 0. The van der Waals surface area contributed by atoms with E-state index in [-0.39, 0.29) is 0 Å². The quantitative estimate of drug-likeness (QED) is 0.646. The molecule has 1 heteroatoms. The molecule has 0 aromatic carbocycles. The molecule has 78 valence electrons. The average molecular weight is 183 g/mol. The molecule has 0 bridgehead atoms. The summed E-state index contributed by atoms with van der Waals surface area (Å²) < 4.78 is 0. The van der Waals surface area contributed by atoms with Gasteiger partial charge in [0.2, 0.25) is 0 Å². The van der Waals surface area contributed by atoms with E-state index in [1.807, 2.05) is 0 Å². The molecule has 1 aliphatic heterocycles. The molecule has 1 fully saturated rings. The molecule has 1 aliphatic rings. The van der Waals surface area contributed by atoms with E-state index in [1.165, 1.54) is 25.8 Å². The Bertz CT molecular complexity index is 161. The van der Waals surface area contributed by atoms with Crippen LogP contribution in [0.15, 0.2) is 0 Å². The van der Waals surface area contributed by atoms with Gasteiger partial charge in [-0.3, -0.25) is 4.90 Å². The first kappa shape index (κ1) is 11.0. The molecule has 0 radical (unpaired) electrons. The Balaban J connectivity index is 2.45. The maximum atomic E-state index is 2.65. The molecule has 1 saturated heterocycles. The smallest absolute Gasteiger partial charge is 0.0162 e. The topological polar surface area (TPSA) is 3.24 Å². The van der Waals surface area contributed by atoms with Crippen molar-refractivity contribution in [1.82, 2.24) is 4.90 Å². The van der Waals surface area contributed by atoms with E-state index in [4.69, 9.17) is 0 Å². The molecule has 0 saturated carbocycles. The molecular weight excluding hydrogens is 158 g/mol. The standard InChI is InChI=1S/C12H25N/c1-6-7-8-11-12(4,5)9-13(11)10(2)3/h10-11H,6-9H2,1-5H3. The second-order valence-corrected chi connectivity index (χ2v) is 5.41. The van der Waals surface area contributed by atoms with Gasteiger partial charge >= 0.3 is 0 Å². The molecule has 1 nitrogen and oxygen atoms in total. The first-order chi connectivity index (χ1) is 5.99. The summed E-state index contributed by atoms with van der Waals surface area (Å²) in [5, 5.41) is 0. The Morgan fingerprint density at radius 3 is 2.38 bits per heavy atom. The van der Waals surface area contributed by atoms with Crippen LogP contribution in [0.4, 0.5) is 0 Å². The van der Waals surface area contributed by atoms with Gasteiger partial charge in [0.1, 0.15) is 0 Å². The Labute approximate surface area is 83.5 Å². The van der Waals surface area contributed by atoms with E-state index in [1.54, 1.807) is 0 Å². The van der Waals surface area contributed by atoms with Gasteiger partial charge < -0.3 is 0 Å². The minimum Gasteiger partial charge on any atom is -0.297 e. The molecule has 1 unspecified atom stereocenters. The van der Waals surface area contributed by atoms with Crippen LogP contribution in [0, 0.1) is 5.41 Å². The van der Waals surface area contributed by atoms with Gasteiger partial charge in [-0.05, 0) is 25.7 Å². The lowest BCUT2D eigenvalue weighted by molar-refractivity contribution is -0.0753. The number of unbranched alkanes of at least 4 members (excludes halogenated alkanes) is 1. The van der Waals surface area contributed by atoms with Crippen molar-refractivity contribution in [2.75, 3.05) is 6.54 Å². The van der Waals surface area contributed by atoms with E-state index in [9.17, 15) is 0 Å². The highest BCUT2D eigenvalue weighted by Gasteiger charge is 2.45. The molecule has 0 N–H and O–H groups in total. The third-order valence-electron chi connectivity index (χ3n) is 3.39. The van der Waals surface area contributed by atoms with Crippen LogP contribution in [-0.2, 0) is 0 Å². The van der Waals surface area contributed by atoms with E-state index >= 15 is 0 Å². The number of rotatable bonds is 4. The van der Waals surface area contributed by atoms with Crippen molar-refractivity contribution in [2.24, 2.45) is 5.41 Å². The SMILES string of the molecule is CCCCC1N(C(C)C)CC1(C)C. The molecule has 1 rings (SSSR count). The highest BCUT2D eigenvalue weighted by molar-refractivity contribution is 4.99. The van der Waals surface area contributed by atoms with Crippen LogP contribution in [-0.4, -0.2) is 23.5 Å². The van der Waals surface area contributed by atoms with Crippen LogP contribution in [0.3, 0.4) is 0 Å². The molecule has 0 spiro atoms. The van der Waals surface area contributed by atoms with Crippen LogP contribution in [0.1, 0.15) is 53.9 Å². The van der Waals surface area contributed by atoms with Crippen molar-refractivity contribution in [3.05, 3.63) is 0 Å². The van der Waals surface area contributed by atoms with Crippen LogP contribution >= 0.6 is 0 Å². The lowest BCUT2D eigenvalue weighted by Crippen LogP contribution is -2.63. The molecule has 0 aliphatic carbocycles. The highest BCUT2D eigenvalue weighted by Crippen LogP contribution is 2.40. The van der Waals surface area contributed by atoms with E-state index in [2.05, 4.69) is 39.5 Å². The molecule has 0 aromatic rings. The minimum absolute atomic E-state index is 0.569. The van der Waals surface area contributed by atoms with Gasteiger partial charge in [-0.25, -0.2) is 0 Å². The van der Waals surface area contributed by atoms with E-state index in [0.29, 0.717) is 5.41 Å². The summed E-state index contributed by atoms with van der Waals surface area (Å²) >= 11 is 0. The number of hydrogen-bond donors (Lipinski definition) is 0. The highest BCUT2D eigenvalue weighted by atomic mass is 15.3. The maximum absolute atomic E-state index is 2.65. The minimum atomic E-state index is 0.569. The third kappa shape index (κ3) is 2.25. The normalized spacial score (nSPS) is 27.7. The molecule has 0 aromatic heterocycles. The second kappa shape index (κ2) is 4.00. The van der Waals surface area contributed by atoms with Crippen molar-refractivity contribution < 1.29 is 0 Å². The Morgan fingerprint density at radius 2 is 2.00 bits per heavy atom. The lowest BCUT2D eigenvalue weighted by Gasteiger charge is -2.56. The molecule has 13 heavy (non-hydrogen) atoms. The van der Waals surface area contributed by atoms with Gasteiger partial charge in [-0.15, -0.1) is 0 Å². The van der Waals surface area contributed by atoms with Gasteiger partial charge in [-0.2, -0.15) is 0 Å². The van der Waals surface area contributed by atoms with Crippen LogP contribution < -0.4 is 0 Å². The van der Waals surface area contributed by atoms with Crippen molar-refractivity contribution >= 4 is 0 Å². The fourth-order valence-electron chi connectivity index (χ4n) is 2.52. The Hall–Kier alpha value is -0.0400. The first-order valence-corrected chi connectivity index (χ1v) is 5.74. The van der Waals surface area contributed by atoms with Gasteiger partial charge in [-0.1, -0.05) is 33.6 Å². The summed E-state index contributed by atoms with van der Waals surface area (Å²) in [6, 6.07) is 1.57. The van der Waals surface area contributed by atoms with E-state index < -0.39 is 0 Å². The zero-order valence-corrected chi connectivity index (χ0v) is 9.93. The number of likely N-dealkylation sites (tertiary alicyclic amines) is 1. The largest absolute Gasteiger partial charge is 0.297 e. The summed E-state index contributed by atoms with van der Waals surface area (Å²) in [5.74, 6) is 0. The summed E-state index contributed by atoms with van der Waals surface area (Å²) in [4.78, 5) is 2.65. The zero-order valence-electron chi connectivity index (χ0n) is 9.93. The van der Waals surface area contributed by atoms with Crippen molar-refractivity contribution in [3.63, 3.8) is 0 Å². The van der Waals surface area contributed by atoms with Crippen molar-refractivity contribution in [2.45, 2.75) is 66.0 Å². The Morgan fingerprint density at radius 1 is 1.38 bits per heavy atom. The van der Waals surface area contributed by atoms with Crippen molar-refractivity contribution in [1.29, 1.82) is 0 Å². The van der Waals surface area contributed by atoms with Gasteiger partial charge in [0.15, 0.2) is 0 Å². The molecule has 1 atom stereocenters. The predicted molar refractivity (Wildman–Crippen MR) is 58.9 cm³/mol. The summed E-state index contributed by atoms with van der Waals surface area (Å²) in [6.07, 6.45) is 4.11.